The van der Waals surface area contributed by atoms with Crippen LogP contribution in [0.2, 0.25) is 10.0 Å². The molecule has 8 heteroatoms. The number of benzene rings is 3. The lowest BCUT2D eigenvalue weighted by molar-refractivity contribution is -0.112. The average molecular weight is 581 g/mol. The molecule has 0 atom stereocenters. The van der Waals surface area contributed by atoms with Gasteiger partial charge in [-0.1, -0.05) is 61.1 Å². The number of nitrogens with one attached hydrogen (secondary N) is 1. The summed E-state index contributed by atoms with van der Waals surface area (Å²) in [6.45, 7) is 0.242. The molecule has 0 aliphatic rings. The highest BCUT2D eigenvalue weighted by molar-refractivity contribution is 9.10. The number of hydrogen-bond donors (Lipinski definition) is 1. The van der Waals surface area contributed by atoms with Crippen LogP contribution in [0.5, 0.6) is 5.75 Å². The maximum Gasteiger partial charge on any atom is 0.266 e. The van der Waals surface area contributed by atoms with E-state index in [1.165, 1.54) is 6.08 Å². The van der Waals surface area contributed by atoms with E-state index in [2.05, 4.69) is 37.2 Å². The van der Waals surface area contributed by atoms with Gasteiger partial charge in [-0.3, -0.25) is 4.79 Å². The summed E-state index contributed by atoms with van der Waals surface area (Å²) in [4.78, 5) is 12.6. The Morgan fingerprint density at radius 1 is 1.00 bits per heavy atom. The second kappa shape index (κ2) is 10.8. The zero-order valence-electron chi connectivity index (χ0n) is 15.8. The van der Waals surface area contributed by atoms with Crippen molar-refractivity contribution in [3.05, 3.63) is 96.4 Å². The number of rotatable bonds is 6. The fourth-order valence-corrected chi connectivity index (χ4v) is 3.55. The van der Waals surface area contributed by atoms with Gasteiger partial charge in [0.05, 0.1) is 10.0 Å². The zero-order valence-corrected chi connectivity index (χ0v) is 20.5. The van der Waals surface area contributed by atoms with E-state index in [0.29, 0.717) is 27.0 Å². The topological polar surface area (TPSA) is 62.1 Å². The third-order valence-electron chi connectivity index (χ3n) is 4.12. The number of ether oxygens (including phenoxy) is 1. The number of amides is 1. The van der Waals surface area contributed by atoms with Crippen LogP contribution in [0.4, 0.5) is 5.69 Å². The molecule has 0 heterocycles. The molecule has 3 rings (SSSR count). The van der Waals surface area contributed by atoms with Crippen molar-refractivity contribution in [1.29, 1.82) is 5.26 Å². The molecule has 0 aliphatic heterocycles. The van der Waals surface area contributed by atoms with Crippen molar-refractivity contribution >= 4 is 72.7 Å². The highest BCUT2D eigenvalue weighted by Gasteiger charge is 2.12. The van der Waals surface area contributed by atoms with E-state index in [0.717, 1.165) is 14.5 Å². The van der Waals surface area contributed by atoms with Crippen molar-refractivity contribution in [2.45, 2.75) is 6.61 Å². The predicted octanol–water partition coefficient (Wildman–Crippen LogP) is 7.64. The maximum absolute atomic E-state index is 12.6. The fraction of sp³-hybridized carbons (Fsp3) is 0.0435. The van der Waals surface area contributed by atoms with Gasteiger partial charge in [0.15, 0.2) is 0 Å². The first-order chi connectivity index (χ1) is 14.9. The van der Waals surface area contributed by atoms with Gasteiger partial charge in [-0.2, -0.15) is 5.26 Å². The smallest absolute Gasteiger partial charge is 0.266 e. The SMILES string of the molecule is N#C/C(=C\c1cc(Br)ccc1OCc1ccc(Cl)c(Cl)c1)C(=O)Nc1ccc(Br)cc1. The van der Waals surface area contributed by atoms with Gasteiger partial charge in [-0.15, -0.1) is 0 Å². The van der Waals surface area contributed by atoms with Crippen LogP contribution in [-0.4, -0.2) is 5.91 Å². The summed E-state index contributed by atoms with van der Waals surface area (Å²) in [6.07, 6.45) is 1.49. The van der Waals surface area contributed by atoms with Gasteiger partial charge in [0.2, 0.25) is 0 Å². The normalized spacial score (nSPS) is 11.0. The van der Waals surface area contributed by atoms with Crippen molar-refractivity contribution in [3.63, 3.8) is 0 Å². The van der Waals surface area contributed by atoms with Gasteiger partial charge < -0.3 is 10.1 Å². The first kappa shape index (κ1) is 23.4. The molecule has 156 valence electrons. The average Bonchev–Trinajstić information content (AvgIpc) is 2.75. The summed E-state index contributed by atoms with van der Waals surface area (Å²) in [7, 11) is 0. The van der Waals surface area contributed by atoms with Gasteiger partial charge in [0.25, 0.3) is 5.91 Å². The number of nitriles is 1. The minimum atomic E-state index is -0.514. The number of anilines is 1. The minimum absolute atomic E-state index is 0.0552. The molecule has 0 saturated carbocycles. The van der Waals surface area contributed by atoms with Gasteiger partial charge >= 0.3 is 0 Å². The van der Waals surface area contributed by atoms with E-state index in [1.54, 1.807) is 48.5 Å². The molecule has 1 N–H and O–H groups in total. The largest absolute Gasteiger partial charge is 0.488 e. The van der Waals surface area contributed by atoms with E-state index < -0.39 is 5.91 Å². The monoisotopic (exact) mass is 578 g/mol. The van der Waals surface area contributed by atoms with Gasteiger partial charge in [-0.05, 0) is 66.2 Å². The summed E-state index contributed by atoms with van der Waals surface area (Å²) in [5.74, 6) is -0.00121. The standard InChI is InChI=1S/C23H14Br2Cl2N2O2/c24-17-2-5-19(6-3-17)29-23(30)16(12-28)10-15-11-18(25)4-8-22(15)31-13-14-1-7-20(26)21(27)9-14/h1-11H,13H2,(H,29,30)/b16-10+. The van der Waals surface area contributed by atoms with Gasteiger partial charge in [0, 0.05) is 20.2 Å². The molecule has 0 spiro atoms. The van der Waals surface area contributed by atoms with Crippen molar-refractivity contribution in [1.82, 2.24) is 0 Å². The number of carbonyl (C=O) groups excluding carboxylic acids is 1. The van der Waals surface area contributed by atoms with Crippen molar-refractivity contribution in [2.75, 3.05) is 5.32 Å². The van der Waals surface area contributed by atoms with E-state index in [1.807, 2.05) is 18.2 Å². The Kier molecular flexibility index (Phi) is 8.16. The molecule has 0 saturated heterocycles. The van der Waals surface area contributed by atoms with Crippen LogP contribution in [0.25, 0.3) is 6.08 Å². The highest BCUT2D eigenvalue weighted by Crippen LogP contribution is 2.28. The molecule has 0 radical (unpaired) electrons. The van der Waals surface area contributed by atoms with Crippen LogP contribution in [0.3, 0.4) is 0 Å². The third kappa shape index (κ3) is 6.59. The summed E-state index contributed by atoms with van der Waals surface area (Å²) >= 11 is 18.8. The number of halogens is 4. The van der Waals surface area contributed by atoms with Crippen LogP contribution in [0.15, 0.2) is 75.2 Å². The lowest BCUT2D eigenvalue weighted by Crippen LogP contribution is -2.13. The molecule has 0 unspecified atom stereocenters. The Morgan fingerprint density at radius 2 is 1.71 bits per heavy atom. The lowest BCUT2D eigenvalue weighted by atomic mass is 10.1. The Labute approximate surface area is 206 Å². The second-order valence-corrected chi connectivity index (χ2v) is 9.00. The van der Waals surface area contributed by atoms with Gasteiger partial charge in [-0.25, -0.2) is 0 Å². The van der Waals surface area contributed by atoms with E-state index in [-0.39, 0.29) is 12.2 Å². The van der Waals surface area contributed by atoms with Crippen LogP contribution < -0.4 is 10.1 Å². The zero-order chi connectivity index (χ0) is 22.4. The first-order valence-electron chi connectivity index (χ1n) is 8.90. The van der Waals surface area contributed by atoms with Crippen molar-refractivity contribution < 1.29 is 9.53 Å². The Morgan fingerprint density at radius 3 is 2.39 bits per heavy atom. The van der Waals surface area contributed by atoms with Crippen molar-refractivity contribution in [3.8, 4) is 11.8 Å². The van der Waals surface area contributed by atoms with Crippen LogP contribution >= 0.6 is 55.1 Å². The third-order valence-corrected chi connectivity index (χ3v) is 5.88. The van der Waals surface area contributed by atoms with Crippen LogP contribution in [0.1, 0.15) is 11.1 Å². The number of carbonyl (C=O) groups is 1. The molecule has 0 aliphatic carbocycles. The predicted molar refractivity (Wildman–Crippen MR) is 131 cm³/mol. The van der Waals surface area contributed by atoms with Gasteiger partial charge in [0.1, 0.15) is 24.0 Å². The fourth-order valence-electron chi connectivity index (χ4n) is 2.59. The second-order valence-electron chi connectivity index (χ2n) is 6.35. The molecule has 0 bridgehead atoms. The summed E-state index contributed by atoms with van der Waals surface area (Å²) in [5.41, 5.74) is 1.94. The van der Waals surface area contributed by atoms with E-state index >= 15 is 0 Å². The maximum atomic E-state index is 12.6. The quantitative estimate of drug-likeness (QED) is 0.241. The Balaban J connectivity index is 1.82. The molecular formula is C23H14Br2Cl2N2O2. The Hall–Kier alpha value is -2.30. The summed E-state index contributed by atoms with van der Waals surface area (Å²) < 4.78 is 7.59. The number of nitrogens with zero attached hydrogens (tertiary/aromatic N) is 1. The molecule has 0 fully saturated rings. The molecule has 31 heavy (non-hydrogen) atoms. The molecule has 3 aromatic rings. The minimum Gasteiger partial charge on any atom is -0.488 e. The lowest BCUT2D eigenvalue weighted by Gasteiger charge is -2.11. The van der Waals surface area contributed by atoms with Crippen LogP contribution in [0, 0.1) is 11.3 Å². The molecule has 4 nitrogen and oxygen atoms in total. The van der Waals surface area contributed by atoms with E-state index in [9.17, 15) is 10.1 Å². The van der Waals surface area contributed by atoms with Crippen molar-refractivity contribution in [2.24, 2.45) is 0 Å². The highest BCUT2D eigenvalue weighted by atomic mass is 79.9. The van der Waals surface area contributed by atoms with E-state index in [4.69, 9.17) is 27.9 Å². The molecule has 1 amide bonds. The van der Waals surface area contributed by atoms with Crippen LogP contribution in [-0.2, 0) is 11.4 Å². The molecule has 0 aromatic heterocycles. The first-order valence-corrected chi connectivity index (χ1v) is 11.2. The Bertz CT molecular complexity index is 1190. The molecule has 3 aromatic carbocycles. The summed E-state index contributed by atoms with van der Waals surface area (Å²) in [5, 5.41) is 13.2. The molecular weight excluding hydrogens is 567 g/mol. The summed E-state index contributed by atoms with van der Waals surface area (Å²) in [6, 6.07) is 19.6. The number of hydrogen-bond acceptors (Lipinski definition) is 3.